The molecule has 2 aromatic heterocycles. The molecular weight excluding hydrogens is 342 g/mol. The third-order valence-electron chi connectivity index (χ3n) is 4.55. The normalized spacial score (nSPS) is 12.8. The molecule has 1 aliphatic rings. The fourth-order valence-electron chi connectivity index (χ4n) is 3.19. The van der Waals surface area contributed by atoms with Crippen molar-refractivity contribution in [1.29, 1.82) is 0 Å². The molecule has 0 spiro atoms. The maximum Gasteiger partial charge on any atom is 0.254 e. The summed E-state index contributed by atoms with van der Waals surface area (Å²) >= 11 is 0. The number of carbonyl (C=O) groups excluding carboxylic acids is 2. The van der Waals surface area contributed by atoms with Gasteiger partial charge >= 0.3 is 0 Å². The standard InChI is InChI=1S/C20H13N5O2/c1-11-6-8-12(9-7-11)22-19-23-20-21-10-15-16(25(20)24-19)18(27)14-5-3-2-4-13(14)17(15)26/h2-10H,1H3,(H,22,24). The molecule has 2 heterocycles. The van der Waals surface area contributed by atoms with Gasteiger partial charge in [0.25, 0.3) is 5.78 Å². The van der Waals surface area contributed by atoms with Crippen LogP contribution in [0, 0.1) is 6.92 Å². The highest BCUT2D eigenvalue weighted by Gasteiger charge is 2.32. The quantitative estimate of drug-likeness (QED) is 0.524. The molecule has 0 saturated carbocycles. The maximum atomic E-state index is 13.0. The van der Waals surface area contributed by atoms with Crippen molar-refractivity contribution in [2.24, 2.45) is 0 Å². The highest BCUT2D eigenvalue weighted by atomic mass is 16.1. The molecule has 2 aromatic carbocycles. The number of nitrogens with one attached hydrogen (secondary N) is 1. The first-order valence-electron chi connectivity index (χ1n) is 8.40. The van der Waals surface area contributed by atoms with E-state index in [2.05, 4.69) is 20.4 Å². The summed E-state index contributed by atoms with van der Waals surface area (Å²) in [6.07, 6.45) is 1.39. The average Bonchev–Trinajstić information content (AvgIpc) is 3.10. The number of aryl methyl sites for hydroxylation is 1. The summed E-state index contributed by atoms with van der Waals surface area (Å²) in [5.74, 6) is 0.0558. The van der Waals surface area contributed by atoms with Crippen LogP contribution in [0.2, 0.25) is 0 Å². The van der Waals surface area contributed by atoms with Gasteiger partial charge < -0.3 is 5.32 Å². The Balaban J connectivity index is 1.64. The van der Waals surface area contributed by atoms with Gasteiger partial charge in [0.15, 0.2) is 5.78 Å². The molecule has 0 fully saturated rings. The third kappa shape index (κ3) is 2.32. The molecular formula is C20H13N5O2. The second-order valence-corrected chi connectivity index (χ2v) is 6.36. The van der Waals surface area contributed by atoms with Gasteiger partial charge in [0.2, 0.25) is 11.7 Å². The zero-order valence-corrected chi connectivity index (χ0v) is 14.3. The van der Waals surface area contributed by atoms with Gasteiger partial charge in [0.05, 0.1) is 5.56 Å². The molecule has 27 heavy (non-hydrogen) atoms. The SMILES string of the molecule is Cc1ccc(Nc2nc3ncc4c(n3n2)C(=O)c2ccccc2C4=O)cc1. The lowest BCUT2D eigenvalue weighted by molar-refractivity contribution is 0.0973. The fraction of sp³-hybridized carbons (Fsp3) is 0.0500. The van der Waals surface area contributed by atoms with Crippen LogP contribution in [0.1, 0.15) is 37.5 Å². The highest BCUT2D eigenvalue weighted by molar-refractivity contribution is 6.27. The summed E-state index contributed by atoms with van der Waals surface area (Å²) in [5.41, 5.74) is 3.13. The van der Waals surface area contributed by atoms with Crippen LogP contribution < -0.4 is 5.32 Å². The van der Waals surface area contributed by atoms with Crippen LogP contribution in [0.15, 0.2) is 54.7 Å². The number of carbonyl (C=O) groups is 2. The second kappa shape index (κ2) is 5.57. The van der Waals surface area contributed by atoms with Gasteiger partial charge in [-0.1, -0.05) is 42.0 Å². The number of hydrogen-bond acceptors (Lipinski definition) is 6. The van der Waals surface area contributed by atoms with E-state index in [0.29, 0.717) is 17.1 Å². The lowest BCUT2D eigenvalue weighted by Gasteiger charge is -2.16. The number of hydrogen-bond donors (Lipinski definition) is 1. The van der Waals surface area contributed by atoms with E-state index < -0.39 is 0 Å². The Labute approximate surface area is 153 Å². The van der Waals surface area contributed by atoms with Crippen LogP contribution in [0.25, 0.3) is 5.78 Å². The van der Waals surface area contributed by atoms with E-state index in [1.807, 2.05) is 31.2 Å². The van der Waals surface area contributed by atoms with Gasteiger partial charge in [-0.05, 0) is 19.1 Å². The summed E-state index contributed by atoms with van der Waals surface area (Å²) in [6, 6.07) is 14.5. The minimum absolute atomic E-state index is 0.188. The van der Waals surface area contributed by atoms with Crippen molar-refractivity contribution in [3.8, 4) is 0 Å². The minimum atomic E-state index is -0.264. The van der Waals surface area contributed by atoms with Gasteiger partial charge in [-0.15, -0.1) is 5.10 Å². The first-order valence-corrected chi connectivity index (χ1v) is 8.40. The van der Waals surface area contributed by atoms with Crippen molar-refractivity contribution >= 4 is 29.0 Å². The molecule has 0 bridgehead atoms. The van der Waals surface area contributed by atoms with E-state index in [0.717, 1.165) is 11.3 Å². The molecule has 0 radical (unpaired) electrons. The maximum absolute atomic E-state index is 13.0. The van der Waals surface area contributed by atoms with E-state index in [9.17, 15) is 9.59 Å². The first kappa shape index (κ1) is 15.4. The van der Waals surface area contributed by atoms with Crippen LogP contribution >= 0.6 is 0 Å². The number of ketones is 2. The molecule has 0 atom stereocenters. The molecule has 1 N–H and O–H groups in total. The molecule has 0 unspecified atom stereocenters. The van der Waals surface area contributed by atoms with E-state index in [1.54, 1.807) is 24.3 Å². The predicted octanol–water partition coefficient (Wildman–Crippen LogP) is 2.95. The summed E-state index contributed by atoms with van der Waals surface area (Å²) in [4.78, 5) is 34.3. The van der Waals surface area contributed by atoms with Gasteiger partial charge in [-0.25, -0.2) is 4.98 Å². The molecule has 130 valence electrons. The van der Waals surface area contributed by atoms with Crippen LogP contribution in [0.5, 0.6) is 0 Å². The predicted molar refractivity (Wildman–Crippen MR) is 98.6 cm³/mol. The molecule has 7 nitrogen and oxygen atoms in total. The molecule has 0 saturated heterocycles. The van der Waals surface area contributed by atoms with Crippen molar-refractivity contribution in [3.05, 3.63) is 82.7 Å². The number of aromatic nitrogens is 4. The van der Waals surface area contributed by atoms with Crippen LogP contribution in [-0.2, 0) is 0 Å². The van der Waals surface area contributed by atoms with Gasteiger partial charge in [0.1, 0.15) is 5.69 Å². The summed E-state index contributed by atoms with van der Waals surface area (Å²) in [7, 11) is 0. The Morgan fingerprint density at radius 3 is 2.33 bits per heavy atom. The van der Waals surface area contributed by atoms with Crippen molar-refractivity contribution in [2.75, 3.05) is 5.32 Å². The lowest BCUT2D eigenvalue weighted by Crippen LogP contribution is -2.24. The second-order valence-electron chi connectivity index (χ2n) is 6.36. The number of fused-ring (bicyclic) bond motifs is 4. The molecule has 1 aliphatic carbocycles. The number of nitrogens with zero attached hydrogens (tertiary/aromatic N) is 4. The van der Waals surface area contributed by atoms with Crippen LogP contribution in [-0.4, -0.2) is 31.1 Å². The Bertz CT molecular complexity index is 1240. The fourth-order valence-corrected chi connectivity index (χ4v) is 3.19. The highest BCUT2D eigenvalue weighted by Crippen LogP contribution is 2.27. The van der Waals surface area contributed by atoms with Crippen molar-refractivity contribution < 1.29 is 9.59 Å². The first-order chi connectivity index (χ1) is 13.1. The largest absolute Gasteiger partial charge is 0.323 e. The molecule has 0 amide bonds. The van der Waals surface area contributed by atoms with E-state index in [4.69, 9.17) is 0 Å². The molecule has 4 aromatic rings. The van der Waals surface area contributed by atoms with Crippen molar-refractivity contribution in [3.63, 3.8) is 0 Å². The van der Waals surface area contributed by atoms with Crippen molar-refractivity contribution in [1.82, 2.24) is 19.6 Å². The Hall–Kier alpha value is -3.87. The smallest absolute Gasteiger partial charge is 0.254 e. The summed E-state index contributed by atoms with van der Waals surface area (Å²) < 4.78 is 1.34. The Morgan fingerprint density at radius 2 is 1.59 bits per heavy atom. The average molecular weight is 355 g/mol. The van der Waals surface area contributed by atoms with Gasteiger partial charge in [0, 0.05) is 23.0 Å². The molecule has 7 heteroatoms. The number of anilines is 2. The van der Waals surface area contributed by atoms with E-state index in [-0.39, 0.29) is 28.6 Å². The summed E-state index contributed by atoms with van der Waals surface area (Å²) in [6.45, 7) is 2.00. The van der Waals surface area contributed by atoms with Crippen molar-refractivity contribution in [2.45, 2.75) is 6.92 Å². The lowest BCUT2D eigenvalue weighted by atomic mass is 9.88. The van der Waals surface area contributed by atoms with Gasteiger partial charge in [-0.2, -0.15) is 9.50 Å². The zero-order chi connectivity index (χ0) is 18.5. The number of benzene rings is 2. The van der Waals surface area contributed by atoms with E-state index in [1.165, 1.54) is 10.7 Å². The molecule has 5 rings (SSSR count). The Kier molecular flexibility index (Phi) is 3.17. The zero-order valence-electron chi connectivity index (χ0n) is 14.3. The topological polar surface area (TPSA) is 89.2 Å². The molecule has 0 aliphatic heterocycles. The third-order valence-corrected chi connectivity index (χ3v) is 4.55. The van der Waals surface area contributed by atoms with Gasteiger partial charge in [-0.3, -0.25) is 9.59 Å². The Morgan fingerprint density at radius 1 is 0.889 bits per heavy atom. The van der Waals surface area contributed by atoms with Crippen LogP contribution in [0.3, 0.4) is 0 Å². The van der Waals surface area contributed by atoms with Crippen LogP contribution in [0.4, 0.5) is 11.6 Å². The van der Waals surface area contributed by atoms with E-state index >= 15 is 0 Å². The summed E-state index contributed by atoms with van der Waals surface area (Å²) in [5, 5.41) is 7.45. The monoisotopic (exact) mass is 355 g/mol. The number of rotatable bonds is 2. The minimum Gasteiger partial charge on any atom is -0.323 e.